The SMILES string of the molecule is CS(=O)(=O)c1ccc(-c2nnc(C3(c4cccc(Cl)c4)CCOCC3)o2)cc1. The molecule has 1 fully saturated rings. The molecule has 0 bridgehead atoms. The maximum Gasteiger partial charge on any atom is 0.247 e. The van der Waals surface area contributed by atoms with Gasteiger partial charge in [-0.1, -0.05) is 23.7 Å². The van der Waals surface area contributed by atoms with Gasteiger partial charge in [-0.25, -0.2) is 8.42 Å². The van der Waals surface area contributed by atoms with E-state index in [9.17, 15) is 8.42 Å². The van der Waals surface area contributed by atoms with Crippen LogP contribution in [0.25, 0.3) is 11.5 Å². The molecule has 2 heterocycles. The minimum absolute atomic E-state index is 0.246. The zero-order chi connectivity index (χ0) is 19.8. The average molecular weight is 419 g/mol. The molecule has 0 radical (unpaired) electrons. The Bertz CT molecular complexity index is 1090. The molecule has 0 spiro atoms. The van der Waals surface area contributed by atoms with E-state index in [4.69, 9.17) is 20.8 Å². The Kier molecular flexibility index (Phi) is 4.99. The second kappa shape index (κ2) is 7.31. The van der Waals surface area contributed by atoms with Crippen molar-refractivity contribution in [2.75, 3.05) is 19.5 Å². The minimum atomic E-state index is -3.26. The predicted molar refractivity (Wildman–Crippen MR) is 105 cm³/mol. The van der Waals surface area contributed by atoms with Gasteiger partial charge in [0.15, 0.2) is 9.84 Å². The van der Waals surface area contributed by atoms with E-state index in [0.29, 0.717) is 48.4 Å². The van der Waals surface area contributed by atoms with Crippen LogP contribution in [0.4, 0.5) is 0 Å². The van der Waals surface area contributed by atoms with Gasteiger partial charge in [-0.3, -0.25) is 0 Å². The molecule has 2 aromatic carbocycles. The zero-order valence-corrected chi connectivity index (χ0v) is 16.8. The third-order valence-corrected chi connectivity index (χ3v) is 6.45. The molecule has 0 aliphatic carbocycles. The van der Waals surface area contributed by atoms with Crippen LogP contribution in [0, 0.1) is 0 Å². The molecular formula is C20H19ClN2O4S. The van der Waals surface area contributed by atoms with Crippen molar-refractivity contribution in [1.82, 2.24) is 10.2 Å². The Morgan fingerprint density at radius 2 is 1.75 bits per heavy atom. The number of hydrogen-bond donors (Lipinski definition) is 0. The first-order chi connectivity index (χ1) is 13.4. The average Bonchev–Trinajstić information content (AvgIpc) is 3.19. The fourth-order valence-electron chi connectivity index (χ4n) is 3.51. The molecule has 1 aromatic heterocycles. The highest BCUT2D eigenvalue weighted by Crippen LogP contribution is 2.42. The first-order valence-corrected chi connectivity index (χ1v) is 11.1. The maximum atomic E-state index is 11.6. The smallest absolute Gasteiger partial charge is 0.247 e. The first kappa shape index (κ1) is 19.1. The van der Waals surface area contributed by atoms with Gasteiger partial charge in [-0.2, -0.15) is 0 Å². The van der Waals surface area contributed by atoms with Crippen LogP contribution >= 0.6 is 11.6 Å². The number of nitrogens with zero attached hydrogens (tertiary/aromatic N) is 2. The predicted octanol–water partition coefficient (Wildman–Crippen LogP) is 3.89. The topological polar surface area (TPSA) is 82.3 Å². The summed E-state index contributed by atoms with van der Waals surface area (Å²) in [6.45, 7) is 1.18. The van der Waals surface area contributed by atoms with Crippen LogP contribution in [0.3, 0.4) is 0 Å². The summed E-state index contributed by atoms with van der Waals surface area (Å²) < 4.78 is 34.9. The highest BCUT2D eigenvalue weighted by molar-refractivity contribution is 7.90. The van der Waals surface area contributed by atoms with Crippen LogP contribution in [0.5, 0.6) is 0 Å². The Hall–Kier alpha value is -2.22. The first-order valence-electron chi connectivity index (χ1n) is 8.87. The Morgan fingerprint density at radius 1 is 1.04 bits per heavy atom. The fourth-order valence-corrected chi connectivity index (χ4v) is 4.33. The Balaban J connectivity index is 1.73. The van der Waals surface area contributed by atoms with Gasteiger partial charge in [-0.15, -0.1) is 10.2 Å². The summed E-state index contributed by atoms with van der Waals surface area (Å²) in [5.74, 6) is 0.864. The van der Waals surface area contributed by atoms with Crippen LogP contribution in [0.2, 0.25) is 5.02 Å². The fraction of sp³-hybridized carbons (Fsp3) is 0.300. The second-order valence-corrected chi connectivity index (χ2v) is 9.37. The molecule has 28 heavy (non-hydrogen) atoms. The molecule has 0 saturated carbocycles. The number of rotatable bonds is 4. The van der Waals surface area contributed by atoms with Crippen LogP contribution in [-0.4, -0.2) is 38.1 Å². The zero-order valence-electron chi connectivity index (χ0n) is 15.3. The molecule has 0 unspecified atom stereocenters. The Morgan fingerprint density at radius 3 is 2.39 bits per heavy atom. The lowest BCUT2D eigenvalue weighted by Crippen LogP contribution is -2.35. The number of sulfone groups is 1. The number of halogens is 1. The van der Waals surface area contributed by atoms with E-state index in [1.807, 2.05) is 24.3 Å². The summed E-state index contributed by atoms with van der Waals surface area (Å²) in [6, 6.07) is 14.1. The van der Waals surface area contributed by atoms with Crippen LogP contribution < -0.4 is 0 Å². The highest BCUT2D eigenvalue weighted by atomic mass is 35.5. The van der Waals surface area contributed by atoms with E-state index in [0.717, 1.165) is 5.56 Å². The lowest BCUT2D eigenvalue weighted by Gasteiger charge is -2.34. The van der Waals surface area contributed by atoms with Crippen molar-refractivity contribution in [3.63, 3.8) is 0 Å². The Labute approximate surface area is 168 Å². The van der Waals surface area contributed by atoms with Crippen molar-refractivity contribution in [2.45, 2.75) is 23.2 Å². The number of aromatic nitrogens is 2. The van der Waals surface area contributed by atoms with Crippen LogP contribution in [0.15, 0.2) is 57.8 Å². The summed E-state index contributed by atoms with van der Waals surface area (Å²) in [5, 5.41) is 9.19. The van der Waals surface area contributed by atoms with Crippen molar-refractivity contribution in [3.8, 4) is 11.5 Å². The standard InChI is InChI=1S/C20H19ClN2O4S/c1-28(24,25)17-7-5-14(6-8-17)18-22-23-19(27-18)20(9-11-26-12-10-20)15-3-2-4-16(21)13-15/h2-8,13H,9-12H2,1H3. The molecule has 1 saturated heterocycles. The van der Waals surface area contributed by atoms with Crippen LogP contribution in [-0.2, 0) is 20.0 Å². The van der Waals surface area contributed by atoms with Crippen LogP contribution in [0.1, 0.15) is 24.3 Å². The van der Waals surface area contributed by atoms with E-state index in [-0.39, 0.29) is 4.90 Å². The molecule has 0 N–H and O–H groups in total. The summed E-state index contributed by atoms with van der Waals surface area (Å²) in [6.07, 6.45) is 2.59. The van der Waals surface area contributed by atoms with Crippen molar-refractivity contribution < 1.29 is 17.6 Å². The molecule has 146 valence electrons. The van der Waals surface area contributed by atoms with Gasteiger partial charge in [0, 0.05) is 30.1 Å². The van der Waals surface area contributed by atoms with Crippen molar-refractivity contribution in [3.05, 3.63) is 65.0 Å². The summed E-state index contributed by atoms with van der Waals surface area (Å²) >= 11 is 6.22. The quantitative estimate of drug-likeness (QED) is 0.639. The molecular weight excluding hydrogens is 400 g/mol. The molecule has 0 atom stereocenters. The van der Waals surface area contributed by atoms with Gasteiger partial charge < -0.3 is 9.15 Å². The van der Waals surface area contributed by atoms with Crippen molar-refractivity contribution >= 4 is 21.4 Å². The number of ether oxygens (including phenoxy) is 1. The van der Waals surface area contributed by atoms with Gasteiger partial charge in [0.05, 0.1) is 10.3 Å². The summed E-state index contributed by atoms with van der Waals surface area (Å²) in [7, 11) is -3.26. The monoisotopic (exact) mass is 418 g/mol. The summed E-state index contributed by atoms with van der Waals surface area (Å²) in [5.41, 5.74) is 1.23. The summed E-state index contributed by atoms with van der Waals surface area (Å²) in [4.78, 5) is 0.246. The molecule has 1 aliphatic heterocycles. The van der Waals surface area contributed by atoms with E-state index < -0.39 is 15.3 Å². The molecule has 8 heteroatoms. The lowest BCUT2D eigenvalue weighted by atomic mass is 9.74. The highest BCUT2D eigenvalue weighted by Gasteiger charge is 2.41. The van der Waals surface area contributed by atoms with E-state index in [2.05, 4.69) is 10.2 Å². The third kappa shape index (κ3) is 3.57. The van der Waals surface area contributed by atoms with E-state index in [1.54, 1.807) is 12.1 Å². The molecule has 1 aliphatic rings. The van der Waals surface area contributed by atoms with Gasteiger partial charge in [-0.05, 0) is 54.8 Å². The molecule has 4 rings (SSSR count). The maximum absolute atomic E-state index is 11.6. The van der Waals surface area contributed by atoms with Gasteiger partial charge in [0.25, 0.3) is 0 Å². The van der Waals surface area contributed by atoms with Crippen molar-refractivity contribution in [1.29, 1.82) is 0 Å². The molecule has 6 nitrogen and oxygen atoms in total. The van der Waals surface area contributed by atoms with E-state index >= 15 is 0 Å². The van der Waals surface area contributed by atoms with Gasteiger partial charge >= 0.3 is 0 Å². The van der Waals surface area contributed by atoms with Gasteiger partial charge in [0.2, 0.25) is 11.8 Å². The number of hydrogen-bond acceptors (Lipinski definition) is 6. The molecule has 0 amide bonds. The largest absolute Gasteiger partial charge is 0.420 e. The molecule has 3 aromatic rings. The lowest BCUT2D eigenvalue weighted by molar-refractivity contribution is 0.0546. The van der Waals surface area contributed by atoms with E-state index in [1.165, 1.54) is 18.4 Å². The van der Waals surface area contributed by atoms with Crippen molar-refractivity contribution in [2.24, 2.45) is 0 Å². The number of benzene rings is 2. The minimum Gasteiger partial charge on any atom is -0.420 e. The third-order valence-electron chi connectivity index (χ3n) is 5.09. The second-order valence-electron chi connectivity index (χ2n) is 6.91. The normalized spacial score (nSPS) is 16.8. The van der Waals surface area contributed by atoms with Gasteiger partial charge in [0.1, 0.15) is 0 Å².